The van der Waals surface area contributed by atoms with E-state index < -0.39 is 64.2 Å². The van der Waals surface area contributed by atoms with E-state index in [1.807, 2.05) is 101 Å². The lowest BCUT2D eigenvalue weighted by atomic mass is 9.85. The summed E-state index contributed by atoms with van der Waals surface area (Å²) in [5, 5.41) is 26.2. The molecule has 3 N–H and O–H groups in total. The van der Waals surface area contributed by atoms with Gasteiger partial charge in [-0.05, 0) is 122 Å². The third kappa shape index (κ3) is 12.3. The number of β-amino-alcohol motifs (C(OH)–C–C–N with tert-alkyl or cyclic N) is 1. The third-order valence-electron chi connectivity index (χ3n) is 13.3. The molecule has 384 valence electrons. The molecule has 0 saturated carbocycles. The number of hydrogen-bond acceptors (Lipinski definition) is 11. The minimum absolute atomic E-state index is 0.00475. The number of alkyl halides is 3. The number of benzene rings is 4. The predicted molar refractivity (Wildman–Crippen MR) is 281 cm³/mol. The van der Waals surface area contributed by atoms with Crippen LogP contribution < -0.4 is 20.4 Å². The molecule has 2 saturated heterocycles. The maximum absolute atomic E-state index is 14.1. The maximum atomic E-state index is 14.1. The standard InChI is InChI=1S/C55H60F3N7O6S2/c1-33(35-10-12-38(13-11-35)48-34(2)61-32-73-48)26-46(67)45-28-43(66)30-63(45)50(69)49(53(3,4)5)62-47(68)31-71-25-9-8-24-60-40-19-14-36(15-20-40)37-16-21-41(22-17-37)65-52(72)64(51(70)54(65,6)7)42-23-18-39(29-59)44(27-42)55(56,57)58/h10-23,27,32-33,43,45,49,60,66H,8-9,24-26,28,30-31H2,1-7H3,(H,62,68)/t33-,43-,45+,49-/m1/s1. The van der Waals surface area contributed by atoms with Crippen LogP contribution in [0.3, 0.4) is 0 Å². The van der Waals surface area contributed by atoms with E-state index in [1.165, 1.54) is 11.0 Å². The van der Waals surface area contributed by atoms with Gasteiger partial charge in [-0.3, -0.25) is 24.1 Å². The fourth-order valence-corrected chi connectivity index (χ4v) is 10.6. The van der Waals surface area contributed by atoms with Crippen molar-refractivity contribution in [2.45, 2.75) is 110 Å². The van der Waals surface area contributed by atoms with Crippen molar-refractivity contribution >= 4 is 69.2 Å². The van der Waals surface area contributed by atoms with Gasteiger partial charge in [-0.15, -0.1) is 11.3 Å². The number of nitrogens with one attached hydrogen (secondary N) is 2. The molecule has 13 nitrogen and oxygen atoms in total. The Morgan fingerprint density at radius 2 is 1.59 bits per heavy atom. The van der Waals surface area contributed by atoms with E-state index in [0.29, 0.717) is 25.3 Å². The van der Waals surface area contributed by atoms with Gasteiger partial charge in [-0.2, -0.15) is 18.4 Å². The van der Waals surface area contributed by atoms with Gasteiger partial charge in [-0.1, -0.05) is 76.2 Å². The number of halogens is 3. The third-order valence-corrected chi connectivity index (χ3v) is 14.7. The molecular formula is C55H60F3N7O6S2. The number of amides is 3. The first-order chi connectivity index (χ1) is 34.5. The summed E-state index contributed by atoms with van der Waals surface area (Å²) in [6.45, 7) is 13.5. The number of likely N-dealkylation sites (tertiary alicyclic amines) is 1. The van der Waals surface area contributed by atoms with E-state index in [9.17, 15) is 42.7 Å². The zero-order valence-corrected chi connectivity index (χ0v) is 43.5. The molecule has 0 spiro atoms. The minimum Gasteiger partial charge on any atom is -0.391 e. The Balaban J connectivity index is 0.847. The monoisotopic (exact) mass is 1040 g/mol. The van der Waals surface area contributed by atoms with Gasteiger partial charge in [0, 0.05) is 43.9 Å². The second-order valence-electron chi connectivity index (χ2n) is 20.2. The normalized spacial score (nSPS) is 17.6. The number of Topliss-reactive ketones (excluding diaryl/α,β-unsaturated/α-hetero) is 1. The quantitative estimate of drug-likeness (QED) is 0.0564. The van der Waals surface area contributed by atoms with Gasteiger partial charge in [0.15, 0.2) is 10.9 Å². The molecule has 2 fully saturated rings. The molecule has 2 aliphatic rings. The number of thiazole rings is 1. The summed E-state index contributed by atoms with van der Waals surface area (Å²) >= 11 is 7.26. The Kier molecular flexibility index (Phi) is 16.6. The van der Waals surface area contributed by atoms with Gasteiger partial charge in [0.2, 0.25) is 11.8 Å². The number of aromatic nitrogens is 1. The van der Waals surface area contributed by atoms with Gasteiger partial charge < -0.3 is 30.3 Å². The van der Waals surface area contributed by atoms with E-state index in [0.717, 1.165) is 62.0 Å². The van der Waals surface area contributed by atoms with E-state index in [-0.39, 0.29) is 48.5 Å². The Hall–Kier alpha value is -6.52. The molecule has 3 amide bonds. The van der Waals surface area contributed by atoms with Crippen LogP contribution in [0.1, 0.15) is 95.5 Å². The Morgan fingerprint density at radius 3 is 2.19 bits per heavy atom. The molecule has 0 bridgehead atoms. The number of aryl methyl sites for hydroxylation is 1. The van der Waals surface area contributed by atoms with E-state index >= 15 is 0 Å². The summed E-state index contributed by atoms with van der Waals surface area (Å²) in [4.78, 5) is 64.2. The summed E-state index contributed by atoms with van der Waals surface area (Å²) in [7, 11) is 0. The zero-order chi connectivity index (χ0) is 53.0. The van der Waals surface area contributed by atoms with Gasteiger partial charge >= 0.3 is 6.18 Å². The number of ether oxygens (including phenoxy) is 1. The highest BCUT2D eigenvalue weighted by molar-refractivity contribution is 7.81. The van der Waals surface area contributed by atoms with Crippen LogP contribution in [-0.2, 0) is 30.1 Å². The number of nitrogens with zero attached hydrogens (tertiary/aromatic N) is 5. The predicted octanol–water partition coefficient (Wildman–Crippen LogP) is 10.1. The molecule has 18 heteroatoms. The first-order valence-electron chi connectivity index (χ1n) is 24.1. The van der Waals surface area contributed by atoms with Crippen LogP contribution in [-0.4, -0.2) is 93.6 Å². The van der Waals surface area contributed by atoms with Gasteiger partial charge in [0.05, 0.1) is 51.1 Å². The topological polar surface area (TPSA) is 168 Å². The zero-order valence-electron chi connectivity index (χ0n) is 41.9. The lowest BCUT2D eigenvalue weighted by molar-refractivity contribution is -0.144. The van der Waals surface area contributed by atoms with E-state index in [2.05, 4.69) is 15.6 Å². The highest BCUT2D eigenvalue weighted by atomic mass is 32.1. The molecule has 73 heavy (non-hydrogen) atoms. The second-order valence-corrected chi connectivity index (χ2v) is 21.4. The average molecular weight is 1040 g/mol. The first-order valence-corrected chi connectivity index (χ1v) is 25.4. The molecule has 0 radical (unpaired) electrons. The number of ketones is 1. The van der Waals surface area contributed by atoms with Gasteiger partial charge in [0.1, 0.15) is 18.2 Å². The van der Waals surface area contributed by atoms with Crippen LogP contribution in [0.15, 0.2) is 96.5 Å². The van der Waals surface area contributed by atoms with E-state index in [1.54, 1.807) is 48.3 Å². The summed E-state index contributed by atoms with van der Waals surface area (Å²) in [6.07, 6.45) is -3.91. The largest absolute Gasteiger partial charge is 0.417 e. The van der Waals surface area contributed by atoms with E-state index in [4.69, 9.17) is 17.0 Å². The Labute approximate surface area is 433 Å². The van der Waals surface area contributed by atoms with Crippen molar-refractivity contribution in [3.05, 3.63) is 119 Å². The van der Waals surface area contributed by atoms with Crippen molar-refractivity contribution in [3.8, 4) is 27.6 Å². The molecule has 2 aliphatic heterocycles. The maximum Gasteiger partial charge on any atom is 0.417 e. The van der Waals surface area contributed by atoms with Crippen LogP contribution in [0, 0.1) is 23.7 Å². The number of aliphatic hydroxyl groups is 1. The highest BCUT2D eigenvalue weighted by Crippen LogP contribution is 2.40. The van der Waals surface area contributed by atoms with Crippen LogP contribution in [0.4, 0.5) is 30.2 Å². The van der Waals surface area contributed by atoms with Crippen molar-refractivity contribution in [2.75, 3.05) is 41.4 Å². The van der Waals surface area contributed by atoms with Crippen molar-refractivity contribution in [1.29, 1.82) is 5.26 Å². The highest BCUT2D eigenvalue weighted by Gasteiger charge is 2.51. The lowest BCUT2D eigenvalue weighted by Gasteiger charge is -2.35. The van der Waals surface area contributed by atoms with Crippen molar-refractivity contribution in [1.82, 2.24) is 15.2 Å². The fourth-order valence-electron chi connectivity index (χ4n) is 9.25. The Bertz CT molecular complexity index is 2880. The lowest BCUT2D eigenvalue weighted by Crippen LogP contribution is -2.57. The summed E-state index contributed by atoms with van der Waals surface area (Å²) in [5.41, 5.74) is 4.44. The van der Waals surface area contributed by atoms with Crippen molar-refractivity contribution < 1.29 is 42.2 Å². The summed E-state index contributed by atoms with van der Waals surface area (Å²) in [6, 6.07) is 26.2. The SMILES string of the molecule is Cc1ncsc1-c1ccc([C@H](C)CC(=O)[C@@H]2C[C@@H](O)CN2C(=O)[C@@H](NC(=O)COCCCCNc2ccc(-c3ccc(N4C(=S)N(c5ccc(C#N)c(C(F)(F)F)c5)C(=O)C4(C)C)cc3)cc2)C(C)(C)C)cc1. The van der Waals surface area contributed by atoms with Crippen LogP contribution >= 0.6 is 23.6 Å². The molecule has 4 atom stereocenters. The van der Waals surface area contributed by atoms with Crippen molar-refractivity contribution in [3.63, 3.8) is 0 Å². The second kappa shape index (κ2) is 22.3. The molecule has 4 aromatic carbocycles. The number of aliphatic hydroxyl groups excluding tert-OH is 1. The fraction of sp³-hybridized carbons (Fsp3) is 0.400. The van der Waals surface area contributed by atoms with Gasteiger partial charge in [-0.25, -0.2) is 4.98 Å². The number of carbonyl (C=O) groups excluding carboxylic acids is 4. The number of thiocarbonyl (C=S) groups is 1. The first kappa shape index (κ1) is 54.3. The number of unbranched alkanes of at least 4 members (excludes halogenated alkanes) is 1. The van der Waals surface area contributed by atoms with Crippen LogP contribution in [0.25, 0.3) is 21.6 Å². The number of hydrogen-bond donors (Lipinski definition) is 3. The molecular weight excluding hydrogens is 976 g/mol. The Morgan fingerprint density at radius 1 is 0.959 bits per heavy atom. The van der Waals surface area contributed by atoms with Crippen molar-refractivity contribution in [2.24, 2.45) is 5.41 Å². The molecule has 0 unspecified atom stereocenters. The van der Waals surface area contributed by atoms with Crippen LogP contribution in [0.2, 0.25) is 0 Å². The molecule has 5 aromatic rings. The molecule has 1 aromatic heterocycles. The number of rotatable bonds is 18. The molecule has 0 aliphatic carbocycles. The number of carbonyl (C=O) groups is 4. The molecule has 3 heterocycles. The summed E-state index contributed by atoms with van der Waals surface area (Å²) < 4.78 is 47.0. The average Bonchev–Trinajstić information content (AvgIpc) is 4.01. The summed E-state index contributed by atoms with van der Waals surface area (Å²) in [5.74, 6) is -1.63. The van der Waals surface area contributed by atoms with Crippen LogP contribution in [0.5, 0.6) is 0 Å². The number of nitriles is 1. The smallest absolute Gasteiger partial charge is 0.391 e. The number of anilines is 3. The molecule has 7 rings (SSSR count). The minimum atomic E-state index is -4.80. The van der Waals surface area contributed by atoms with Gasteiger partial charge in [0.25, 0.3) is 5.91 Å².